The van der Waals surface area contributed by atoms with Crippen molar-refractivity contribution in [3.8, 4) is 22.6 Å². The number of nitrogens with two attached hydrogens (primary N) is 1. The molecule has 0 saturated carbocycles. The van der Waals surface area contributed by atoms with Crippen LogP contribution in [0.5, 0.6) is 11.5 Å². The largest absolute Gasteiger partial charge is 0.496 e. The van der Waals surface area contributed by atoms with Crippen LogP contribution in [0.2, 0.25) is 0 Å². The Morgan fingerprint density at radius 2 is 1.71 bits per heavy atom. The number of hydrogen-bond acceptors (Lipinski definition) is 4. The smallest absolute Gasteiger partial charge is 0.153 e. The minimum atomic E-state index is 0.583. The molecular formula is C13H14N2O2. The summed E-state index contributed by atoms with van der Waals surface area (Å²) >= 11 is 0. The molecule has 17 heavy (non-hydrogen) atoms. The van der Waals surface area contributed by atoms with Gasteiger partial charge in [0.05, 0.1) is 25.5 Å². The van der Waals surface area contributed by atoms with Gasteiger partial charge in [0.15, 0.2) is 5.75 Å². The van der Waals surface area contributed by atoms with E-state index in [1.54, 1.807) is 32.7 Å². The van der Waals surface area contributed by atoms with Gasteiger partial charge >= 0.3 is 0 Å². The number of rotatable bonds is 3. The topological polar surface area (TPSA) is 57.4 Å². The molecule has 0 radical (unpaired) electrons. The number of pyridine rings is 1. The molecule has 0 aliphatic carbocycles. The van der Waals surface area contributed by atoms with Crippen molar-refractivity contribution in [2.45, 2.75) is 0 Å². The van der Waals surface area contributed by atoms with E-state index >= 15 is 0 Å². The maximum absolute atomic E-state index is 5.90. The summed E-state index contributed by atoms with van der Waals surface area (Å²) in [5.41, 5.74) is 8.28. The number of ether oxygens (including phenoxy) is 2. The van der Waals surface area contributed by atoms with Crippen molar-refractivity contribution in [3.63, 3.8) is 0 Å². The van der Waals surface area contributed by atoms with Crippen molar-refractivity contribution in [2.24, 2.45) is 0 Å². The quantitative estimate of drug-likeness (QED) is 0.822. The van der Waals surface area contributed by atoms with E-state index in [9.17, 15) is 0 Å². The number of nitrogens with zero attached hydrogens (tertiary/aromatic N) is 1. The number of methoxy groups -OCH3 is 2. The third-order valence-corrected chi connectivity index (χ3v) is 2.54. The van der Waals surface area contributed by atoms with Gasteiger partial charge in [0.25, 0.3) is 0 Å². The van der Waals surface area contributed by atoms with E-state index in [1.165, 1.54) is 0 Å². The number of hydrogen-bond donors (Lipinski definition) is 1. The van der Waals surface area contributed by atoms with Gasteiger partial charge in [0.1, 0.15) is 5.75 Å². The summed E-state index contributed by atoms with van der Waals surface area (Å²) in [6.07, 6.45) is 3.44. The van der Waals surface area contributed by atoms with Crippen molar-refractivity contribution >= 4 is 5.69 Å². The summed E-state index contributed by atoms with van der Waals surface area (Å²) in [4.78, 5) is 3.99. The first-order valence-electron chi connectivity index (χ1n) is 5.18. The molecule has 0 atom stereocenters. The lowest BCUT2D eigenvalue weighted by molar-refractivity contribution is 0.399. The zero-order valence-electron chi connectivity index (χ0n) is 9.81. The Labute approximate surface area is 100 Å². The summed E-state index contributed by atoms with van der Waals surface area (Å²) in [5.74, 6) is 1.35. The molecule has 4 nitrogen and oxygen atoms in total. The minimum absolute atomic E-state index is 0.583. The average molecular weight is 230 g/mol. The Hall–Kier alpha value is -2.23. The van der Waals surface area contributed by atoms with E-state index in [4.69, 9.17) is 15.2 Å². The van der Waals surface area contributed by atoms with Crippen molar-refractivity contribution in [2.75, 3.05) is 20.0 Å². The predicted molar refractivity (Wildman–Crippen MR) is 67.2 cm³/mol. The molecule has 88 valence electrons. The van der Waals surface area contributed by atoms with Gasteiger partial charge in [-0.05, 0) is 29.8 Å². The van der Waals surface area contributed by atoms with Gasteiger partial charge in [0, 0.05) is 12.4 Å². The molecule has 0 fully saturated rings. The Morgan fingerprint density at radius 1 is 1.00 bits per heavy atom. The van der Waals surface area contributed by atoms with E-state index in [0.29, 0.717) is 11.4 Å². The molecule has 1 heterocycles. The highest BCUT2D eigenvalue weighted by Gasteiger charge is 2.14. The first-order valence-corrected chi connectivity index (χ1v) is 5.18. The van der Waals surface area contributed by atoms with Crippen molar-refractivity contribution in [1.29, 1.82) is 0 Å². The molecule has 1 aromatic carbocycles. The maximum Gasteiger partial charge on any atom is 0.153 e. The van der Waals surface area contributed by atoms with Gasteiger partial charge in [-0.2, -0.15) is 0 Å². The molecule has 0 amide bonds. The summed E-state index contributed by atoms with van der Waals surface area (Å²) < 4.78 is 10.7. The Kier molecular flexibility index (Phi) is 3.14. The molecule has 0 aliphatic heterocycles. The summed E-state index contributed by atoms with van der Waals surface area (Å²) in [5, 5.41) is 0. The zero-order chi connectivity index (χ0) is 12.3. The van der Waals surface area contributed by atoms with Crippen LogP contribution in [0, 0.1) is 0 Å². The van der Waals surface area contributed by atoms with Gasteiger partial charge in [-0.3, -0.25) is 4.98 Å². The molecule has 0 aliphatic rings. The van der Waals surface area contributed by atoms with E-state index in [1.807, 2.05) is 18.2 Å². The Bertz CT molecular complexity index is 512. The average Bonchev–Trinajstić information content (AvgIpc) is 2.39. The van der Waals surface area contributed by atoms with Crippen molar-refractivity contribution < 1.29 is 9.47 Å². The fourth-order valence-electron chi connectivity index (χ4n) is 1.76. The van der Waals surface area contributed by atoms with Gasteiger partial charge in [-0.25, -0.2) is 0 Å². The molecule has 1 aromatic heterocycles. The van der Waals surface area contributed by atoms with Gasteiger partial charge < -0.3 is 15.2 Å². The molecular weight excluding hydrogens is 216 g/mol. The molecule has 0 bridgehead atoms. The lowest BCUT2D eigenvalue weighted by Gasteiger charge is -2.15. The molecule has 0 unspecified atom stereocenters. The second kappa shape index (κ2) is 4.74. The highest BCUT2D eigenvalue weighted by Crippen LogP contribution is 2.41. The van der Waals surface area contributed by atoms with Gasteiger partial charge in [-0.1, -0.05) is 0 Å². The number of aromatic nitrogens is 1. The number of benzene rings is 1. The third kappa shape index (κ3) is 2.01. The molecule has 0 spiro atoms. The second-order valence-corrected chi connectivity index (χ2v) is 3.50. The Balaban J connectivity index is 2.69. The lowest BCUT2D eigenvalue weighted by atomic mass is 10.0. The fraction of sp³-hybridized carbons (Fsp3) is 0.154. The van der Waals surface area contributed by atoms with Crippen LogP contribution in [0.15, 0.2) is 36.7 Å². The second-order valence-electron chi connectivity index (χ2n) is 3.50. The van der Waals surface area contributed by atoms with Crippen molar-refractivity contribution in [1.82, 2.24) is 4.98 Å². The van der Waals surface area contributed by atoms with Crippen LogP contribution in [0.4, 0.5) is 5.69 Å². The molecule has 2 N–H and O–H groups in total. The van der Waals surface area contributed by atoms with Crippen LogP contribution in [0.1, 0.15) is 0 Å². The molecule has 2 rings (SSSR count). The number of nitrogen functional groups attached to an aromatic ring is 1. The summed E-state index contributed by atoms with van der Waals surface area (Å²) in [7, 11) is 3.21. The van der Waals surface area contributed by atoms with Gasteiger partial charge in [-0.15, -0.1) is 0 Å². The van der Waals surface area contributed by atoms with E-state index in [0.717, 1.165) is 16.9 Å². The standard InChI is InChI=1S/C13H14N2O2/c1-16-11-4-3-10(14)13(17-2)12(11)9-5-7-15-8-6-9/h3-8H,14H2,1-2H3. The van der Waals surface area contributed by atoms with Crippen LogP contribution in [-0.4, -0.2) is 19.2 Å². The minimum Gasteiger partial charge on any atom is -0.496 e. The van der Waals surface area contributed by atoms with Crippen LogP contribution in [-0.2, 0) is 0 Å². The first kappa shape index (κ1) is 11.3. The van der Waals surface area contributed by atoms with E-state index in [-0.39, 0.29) is 0 Å². The van der Waals surface area contributed by atoms with Crippen LogP contribution in [0.25, 0.3) is 11.1 Å². The highest BCUT2D eigenvalue weighted by molar-refractivity contribution is 5.82. The van der Waals surface area contributed by atoms with Crippen molar-refractivity contribution in [3.05, 3.63) is 36.7 Å². The third-order valence-electron chi connectivity index (χ3n) is 2.54. The Morgan fingerprint density at radius 3 is 2.29 bits per heavy atom. The van der Waals surface area contributed by atoms with Crippen LogP contribution < -0.4 is 15.2 Å². The fourth-order valence-corrected chi connectivity index (χ4v) is 1.76. The summed E-state index contributed by atoms with van der Waals surface area (Å²) in [6, 6.07) is 7.37. The molecule has 2 aromatic rings. The molecule has 0 saturated heterocycles. The number of anilines is 1. The summed E-state index contributed by atoms with van der Waals surface area (Å²) in [6.45, 7) is 0. The van der Waals surface area contributed by atoms with Crippen LogP contribution >= 0.6 is 0 Å². The maximum atomic E-state index is 5.90. The SMILES string of the molecule is COc1ccc(N)c(OC)c1-c1ccncc1. The first-order chi connectivity index (χ1) is 8.27. The monoisotopic (exact) mass is 230 g/mol. The predicted octanol–water partition coefficient (Wildman–Crippen LogP) is 2.35. The van der Waals surface area contributed by atoms with Crippen LogP contribution in [0.3, 0.4) is 0 Å². The molecule has 4 heteroatoms. The highest BCUT2D eigenvalue weighted by atomic mass is 16.5. The zero-order valence-corrected chi connectivity index (χ0v) is 9.81. The lowest BCUT2D eigenvalue weighted by Crippen LogP contribution is -1.97. The van der Waals surface area contributed by atoms with E-state index < -0.39 is 0 Å². The van der Waals surface area contributed by atoms with E-state index in [2.05, 4.69) is 4.98 Å². The normalized spacial score (nSPS) is 10.0. The van der Waals surface area contributed by atoms with Gasteiger partial charge in [0.2, 0.25) is 0 Å².